The zero-order valence-corrected chi connectivity index (χ0v) is 10.7. The van der Waals surface area contributed by atoms with Crippen LogP contribution in [0.25, 0.3) is 0 Å². The third-order valence-electron chi connectivity index (χ3n) is 2.92. The van der Waals surface area contributed by atoms with Gasteiger partial charge in [-0.2, -0.15) is 0 Å². The molecule has 94 valence electrons. The van der Waals surface area contributed by atoms with E-state index >= 15 is 0 Å². The normalized spacial score (nSPS) is 17.2. The molecular formula is C13H19ClN2O. The molecule has 1 aliphatic rings. The molecule has 0 saturated carbocycles. The lowest BCUT2D eigenvalue weighted by atomic mass is 10.2. The van der Waals surface area contributed by atoms with Gasteiger partial charge in [-0.1, -0.05) is 23.7 Å². The monoisotopic (exact) mass is 254 g/mol. The van der Waals surface area contributed by atoms with Crippen molar-refractivity contribution in [3.8, 4) is 0 Å². The summed E-state index contributed by atoms with van der Waals surface area (Å²) in [7, 11) is 0. The summed E-state index contributed by atoms with van der Waals surface area (Å²) in [4.78, 5) is 2.43. The van der Waals surface area contributed by atoms with Gasteiger partial charge in [0.25, 0.3) is 0 Å². The molecule has 1 N–H and O–H groups in total. The summed E-state index contributed by atoms with van der Waals surface area (Å²) in [6, 6.07) is 7.83. The van der Waals surface area contributed by atoms with Gasteiger partial charge in [0.1, 0.15) is 0 Å². The number of halogens is 1. The molecule has 3 nitrogen and oxygen atoms in total. The summed E-state index contributed by atoms with van der Waals surface area (Å²) in [6.45, 7) is 6.88. The first kappa shape index (κ1) is 12.8. The van der Waals surface area contributed by atoms with Crippen LogP contribution in [0.5, 0.6) is 0 Å². The predicted molar refractivity (Wildman–Crippen MR) is 70.4 cm³/mol. The molecule has 0 unspecified atom stereocenters. The van der Waals surface area contributed by atoms with E-state index in [1.165, 1.54) is 0 Å². The Kier molecular flexibility index (Phi) is 5.26. The van der Waals surface area contributed by atoms with E-state index in [1.54, 1.807) is 0 Å². The van der Waals surface area contributed by atoms with Crippen molar-refractivity contribution in [2.24, 2.45) is 0 Å². The van der Waals surface area contributed by atoms with Gasteiger partial charge in [-0.3, -0.25) is 4.90 Å². The van der Waals surface area contributed by atoms with Gasteiger partial charge in [-0.05, 0) is 17.7 Å². The number of hydrogen-bond acceptors (Lipinski definition) is 3. The molecule has 1 aromatic rings. The lowest BCUT2D eigenvalue weighted by molar-refractivity contribution is 0.0886. The highest BCUT2D eigenvalue weighted by molar-refractivity contribution is 6.30. The van der Waals surface area contributed by atoms with Gasteiger partial charge < -0.3 is 10.1 Å². The molecule has 1 aliphatic heterocycles. The maximum atomic E-state index is 5.91. The van der Waals surface area contributed by atoms with E-state index in [0.29, 0.717) is 6.61 Å². The zero-order chi connectivity index (χ0) is 11.9. The Morgan fingerprint density at radius 3 is 2.88 bits per heavy atom. The van der Waals surface area contributed by atoms with Crippen LogP contribution < -0.4 is 5.32 Å². The SMILES string of the molecule is Clc1cccc(COCCN2CCNCC2)c1. The Morgan fingerprint density at radius 1 is 1.29 bits per heavy atom. The van der Waals surface area contributed by atoms with Gasteiger partial charge >= 0.3 is 0 Å². The van der Waals surface area contributed by atoms with E-state index in [-0.39, 0.29) is 0 Å². The van der Waals surface area contributed by atoms with Crippen molar-refractivity contribution in [2.75, 3.05) is 39.3 Å². The highest BCUT2D eigenvalue weighted by Crippen LogP contribution is 2.11. The minimum Gasteiger partial charge on any atom is -0.375 e. The van der Waals surface area contributed by atoms with Crippen molar-refractivity contribution in [2.45, 2.75) is 6.61 Å². The van der Waals surface area contributed by atoms with Crippen LogP contribution in [0.15, 0.2) is 24.3 Å². The molecular weight excluding hydrogens is 236 g/mol. The highest BCUT2D eigenvalue weighted by Gasteiger charge is 2.08. The molecule has 1 fully saturated rings. The minimum absolute atomic E-state index is 0.645. The average molecular weight is 255 g/mol. The summed E-state index contributed by atoms with van der Waals surface area (Å²) in [5, 5.41) is 4.11. The Hall–Kier alpha value is -0.610. The lowest BCUT2D eigenvalue weighted by Crippen LogP contribution is -2.44. The van der Waals surface area contributed by atoms with Gasteiger partial charge in [0.2, 0.25) is 0 Å². The Bertz CT molecular complexity index is 340. The van der Waals surface area contributed by atoms with Gasteiger partial charge in [-0.15, -0.1) is 0 Å². The largest absolute Gasteiger partial charge is 0.375 e. The Morgan fingerprint density at radius 2 is 2.12 bits per heavy atom. The van der Waals surface area contributed by atoms with Crippen molar-refractivity contribution in [3.63, 3.8) is 0 Å². The molecule has 1 aromatic carbocycles. The first-order valence-corrected chi connectivity index (χ1v) is 6.48. The number of nitrogens with one attached hydrogen (secondary N) is 1. The molecule has 0 bridgehead atoms. The minimum atomic E-state index is 0.645. The molecule has 0 aromatic heterocycles. The maximum absolute atomic E-state index is 5.91. The van der Waals surface area contributed by atoms with Crippen molar-refractivity contribution < 1.29 is 4.74 Å². The molecule has 1 heterocycles. The first-order chi connectivity index (χ1) is 8.34. The summed E-state index contributed by atoms with van der Waals surface area (Å²) in [6.07, 6.45) is 0. The van der Waals surface area contributed by atoms with Crippen molar-refractivity contribution >= 4 is 11.6 Å². The van der Waals surface area contributed by atoms with Gasteiger partial charge in [0.05, 0.1) is 13.2 Å². The maximum Gasteiger partial charge on any atom is 0.0718 e. The lowest BCUT2D eigenvalue weighted by Gasteiger charge is -2.26. The molecule has 2 rings (SSSR count). The number of nitrogens with zero attached hydrogens (tertiary/aromatic N) is 1. The van der Waals surface area contributed by atoms with E-state index in [1.807, 2.05) is 24.3 Å². The topological polar surface area (TPSA) is 24.5 Å². The van der Waals surface area contributed by atoms with Crippen LogP contribution in [0.4, 0.5) is 0 Å². The number of rotatable bonds is 5. The average Bonchev–Trinajstić information content (AvgIpc) is 2.36. The fraction of sp³-hybridized carbons (Fsp3) is 0.538. The van der Waals surface area contributed by atoms with Gasteiger partial charge in [0.15, 0.2) is 0 Å². The van der Waals surface area contributed by atoms with Gasteiger partial charge in [-0.25, -0.2) is 0 Å². The molecule has 0 amide bonds. The van der Waals surface area contributed by atoms with E-state index in [4.69, 9.17) is 16.3 Å². The summed E-state index contributed by atoms with van der Waals surface area (Å²) in [5.41, 5.74) is 1.14. The molecule has 17 heavy (non-hydrogen) atoms. The fourth-order valence-corrected chi connectivity index (χ4v) is 2.16. The van der Waals surface area contributed by atoms with Gasteiger partial charge in [0, 0.05) is 37.7 Å². The standard InChI is InChI=1S/C13H19ClN2O/c14-13-3-1-2-12(10-13)11-17-9-8-16-6-4-15-5-7-16/h1-3,10,15H,4-9,11H2. The van der Waals surface area contributed by atoms with Crippen molar-refractivity contribution in [3.05, 3.63) is 34.9 Å². The first-order valence-electron chi connectivity index (χ1n) is 6.10. The third kappa shape index (κ3) is 4.64. The number of ether oxygens (including phenoxy) is 1. The van der Waals surface area contributed by atoms with Crippen molar-refractivity contribution in [1.82, 2.24) is 10.2 Å². The van der Waals surface area contributed by atoms with Crippen LogP contribution in [-0.4, -0.2) is 44.2 Å². The Labute approximate surface area is 108 Å². The van der Waals surface area contributed by atoms with Crippen LogP contribution in [0.2, 0.25) is 5.02 Å². The molecule has 4 heteroatoms. The number of benzene rings is 1. The third-order valence-corrected chi connectivity index (χ3v) is 3.15. The second kappa shape index (κ2) is 6.97. The highest BCUT2D eigenvalue weighted by atomic mass is 35.5. The zero-order valence-electron chi connectivity index (χ0n) is 9.99. The Balaban J connectivity index is 1.62. The second-order valence-electron chi connectivity index (χ2n) is 4.27. The van der Waals surface area contributed by atoms with Crippen LogP contribution in [0.3, 0.4) is 0 Å². The van der Waals surface area contributed by atoms with Crippen LogP contribution >= 0.6 is 11.6 Å². The summed E-state index contributed by atoms with van der Waals surface area (Å²) < 4.78 is 5.66. The number of hydrogen-bond donors (Lipinski definition) is 1. The second-order valence-corrected chi connectivity index (χ2v) is 4.71. The molecule has 0 atom stereocenters. The quantitative estimate of drug-likeness (QED) is 0.811. The number of piperazine rings is 1. The predicted octanol–water partition coefficient (Wildman–Crippen LogP) is 1.76. The van der Waals surface area contributed by atoms with Crippen LogP contribution in [0.1, 0.15) is 5.56 Å². The summed E-state index contributed by atoms with van der Waals surface area (Å²) >= 11 is 5.91. The van der Waals surface area contributed by atoms with E-state index in [9.17, 15) is 0 Å². The molecule has 1 saturated heterocycles. The van der Waals surface area contributed by atoms with E-state index in [0.717, 1.165) is 49.9 Å². The fourth-order valence-electron chi connectivity index (χ4n) is 1.95. The van der Waals surface area contributed by atoms with E-state index in [2.05, 4.69) is 10.2 Å². The molecule has 0 spiro atoms. The molecule has 0 aliphatic carbocycles. The van der Waals surface area contributed by atoms with Crippen molar-refractivity contribution in [1.29, 1.82) is 0 Å². The van der Waals surface area contributed by atoms with Crippen LogP contribution in [-0.2, 0) is 11.3 Å². The summed E-state index contributed by atoms with van der Waals surface area (Å²) in [5.74, 6) is 0. The molecule has 0 radical (unpaired) electrons. The van der Waals surface area contributed by atoms with E-state index < -0.39 is 0 Å². The smallest absolute Gasteiger partial charge is 0.0718 e. The van der Waals surface area contributed by atoms with Crippen LogP contribution in [0, 0.1) is 0 Å².